The predicted octanol–water partition coefficient (Wildman–Crippen LogP) is 3.84. The Kier molecular flexibility index (Phi) is 5.97. The smallest absolute Gasteiger partial charge is 0.330 e. The summed E-state index contributed by atoms with van der Waals surface area (Å²) in [5.41, 5.74) is 0.987. The van der Waals surface area contributed by atoms with E-state index < -0.39 is 16.4 Å². The molecule has 0 bridgehead atoms. The highest BCUT2D eigenvalue weighted by Crippen LogP contribution is 2.35. The normalized spacial score (nSPS) is 15.1. The number of hydrogen-bond donors (Lipinski definition) is 1. The summed E-state index contributed by atoms with van der Waals surface area (Å²) >= 11 is 0.980. The zero-order chi connectivity index (χ0) is 21.0. The number of nitrogens with zero attached hydrogens (tertiary/aromatic N) is 2. The summed E-state index contributed by atoms with van der Waals surface area (Å²) in [6.45, 7) is 4.25. The van der Waals surface area contributed by atoms with Gasteiger partial charge in [-0.25, -0.2) is 4.79 Å². The van der Waals surface area contributed by atoms with Gasteiger partial charge in [-0.3, -0.25) is 14.9 Å². The van der Waals surface area contributed by atoms with Crippen LogP contribution in [-0.4, -0.2) is 35.5 Å². The highest BCUT2D eigenvalue weighted by atomic mass is 32.1. The van der Waals surface area contributed by atoms with Crippen LogP contribution in [0.1, 0.15) is 25.1 Å². The number of hydrogen-bond acceptors (Lipinski definition) is 7. The summed E-state index contributed by atoms with van der Waals surface area (Å²) < 4.78 is 5.18. The van der Waals surface area contributed by atoms with Crippen molar-refractivity contribution >= 4 is 45.7 Å². The van der Waals surface area contributed by atoms with E-state index in [-0.39, 0.29) is 17.5 Å². The fourth-order valence-corrected chi connectivity index (χ4v) is 3.72. The number of esters is 1. The second-order valence-electron chi connectivity index (χ2n) is 7.01. The highest BCUT2D eigenvalue weighted by molar-refractivity contribution is 7.16. The molecule has 0 atom stereocenters. The van der Waals surface area contributed by atoms with Crippen LogP contribution < -0.4 is 10.2 Å². The third-order valence-corrected chi connectivity index (χ3v) is 5.37. The average Bonchev–Trinajstić information content (AvgIpc) is 3.15. The number of nitro groups is 1. The molecule has 8 nitrogen and oxygen atoms in total. The number of benzene rings is 1. The quantitative estimate of drug-likeness (QED) is 0.242. The van der Waals surface area contributed by atoms with Crippen molar-refractivity contribution < 1.29 is 19.2 Å². The van der Waals surface area contributed by atoms with Gasteiger partial charge in [0.2, 0.25) is 0 Å². The van der Waals surface area contributed by atoms with E-state index in [1.54, 1.807) is 11.0 Å². The molecule has 1 N–H and O–H groups in total. The summed E-state index contributed by atoms with van der Waals surface area (Å²) in [5.74, 6) is -0.574. The fraction of sp³-hybridized carbons (Fsp3) is 0.300. The molecule has 1 amide bonds. The first-order chi connectivity index (χ1) is 13.8. The molecule has 3 rings (SSSR count). The lowest BCUT2D eigenvalue weighted by Gasteiger charge is -2.39. The van der Waals surface area contributed by atoms with Crippen LogP contribution in [0.2, 0.25) is 0 Å². The van der Waals surface area contributed by atoms with E-state index in [4.69, 9.17) is 4.74 Å². The molecule has 1 aromatic heterocycles. The van der Waals surface area contributed by atoms with E-state index in [0.717, 1.165) is 22.7 Å². The molecule has 2 aromatic rings. The van der Waals surface area contributed by atoms with Crippen LogP contribution in [-0.2, 0) is 14.3 Å². The molecule has 1 aliphatic heterocycles. The van der Waals surface area contributed by atoms with Crippen molar-refractivity contribution in [2.45, 2.75) is 25.8 Å². The predicted molar refractivity (Wildman–Crippen MR) is 112 cm³/mol. The summed E-state index contributed by atoms with van der Waals surface area (Å²) in [4.78, 5) is 37.1. The Labute approximate surface area is 171 Å². The van der Waals surface area contributed by atoms with Gasteiger partial charge >= 0.3 is 11.0 Å². The second kappa shape index (κ2) is 8.44. The molecular weight excluding hydrogens is 394 g/mol. The molecule has 0 saturated carbocycles. The molecule has 0 aliphatic carbocycles. The van der Waals surface area contributed by atoms with Crippen molar-refractivity contribution in [1.29, 1.82) is 0 Å². The molecule has 0 unspecified atom stereocenters. The number of anilines is 2. The molecule has 0 saturated heterocycles. The van der Waals surface area contributed by atoms with Crippen molar-refractivity contribution in [2.24, 2.45) is 0 Å². The number of rotatable bonds is 7. The number of amides is 1. The number of carbonyl (C=O) groups is 2. The number of fused-ring (bicyclic) bond motifs is 1. The van der Waals surface area contributed by atoms with Crippen LogP contribution in [0.3, 0.4) is 0 Å². The number of carbonyl (C=O) groups excluding carboxylic acids is 2. The standard InChI is InChI=1S/C20H21N3O5S/c1-20(2)19(25)22(16-7-4-3-6-15(16)21-20)12-5-13-28-18(24)11-9-14-8-10-17(29-14)23(26)27/h3-4,6-11,21H,5,12-13H2,1-2H3/b11-9+. The lowest BCUT2D eigenvalue weighted by atomic mass is 9.98. The van der Waals surface area contributed by atoms with E-state index in [0.29, 0.717) is 17.8 Å². The van der Waals surface area contributed by atoms with E-state index in [9.17, 15) is 19.7 Å². The summed E-state index contributed by atoms with van der Waals surface area (Å²) in [6, 6.07) is 10.5. The lowest BCUT2D eigenvalue weighted by molar-refractivity contribution is -0.380. The number of ether oxygens (including phenoxy) is 1. The monoisotopic (exact) mass is 415 g/mol. The lowest BCUT2D eigenvalue weighted by Crippen LogP contribution is -2.54. The minimum Gasteiger partial charge on any atom is -0.462 e. The van der Waals surface area contributed by atoms with E-state index >= 15 is 0 Å². The summed E-state index contributed by atoms with van der Waals surface area (Å²) in [5, 5.41) is 13.9. The van der Waals surface area contributed by atoms with Crippen molar-refractivity contribution in [3.05, 3.63) is 57.5 Å². The summed E-state index contributed by atoms with van der Waals surface area (Å²) in [7, 11) is 0. The summed E-state index contributed by atoms with van der Waals surface area (Å²) in [6.07, 6.45) is 3.21. The first-order valence-corrected chi connectivity index (χ1v) is 9.88. The number of nitrogens with one attached hydrogen (secondary N) is 1. The first-order valence-electron chi connectivity index (χ1n) is 9.06. The molecule has 0 spiro atoms. The van der Waals surface area contributed by atoms with E-state index in [2.05, 4.69) is 5.32 Å². The molecular formula is C20H21N3O5S. The molecule has 1 aliphatic rings. The number of para-hydroxylation sites is 2. The Balaban J connectivity index is 1.52. The molecule has 1 aromatic carbocycles. The Morgan fingerprint density at radius 3 is 2.79 bits per heavy atom. The van der Waals surface area contributed by atoms with Crippen molar-refractivity contribution in [3.63, 3.8) is 0 Å². The Hall–Kier alpha value is -3.20. The van der Waals surface area contributed by atoms with Crippen molar-refractivity contribution in [3.8, 4) is 0 Å². The maximum Gasteiger partial charge on any atom is 0.330 e. The van der Waals surface area contributed by atoms with Crippen LogP contribution >= 0.6 is 11.3 Å². The van der Waals surface area contributed by atoms with Crippen LogP contribution in [0.25, 0.3) is 6.08 Å². The molecule has 9 heteroatoms. The Morgan fingerprint density at radius 2 is 2.07 bits per heavy atom. The zero-order valence-corrected chi connectivity index (χ0v) is 16.9. The van der Waals surface area contributed by atoms with Gasteiger partial charge in [0.15, 0.2) is 0 Å². The van der Waals surface area contributed by atoms with Crippen LogP contribution in [0.15, 0.2) is 42.5 Å². The van der Waals surface area contributed by atoms with Crippen LogP contribution in [0, 0.1) is 10.1 Å². The van der Waals surface area contributed by atoms with Gasteiger partial charge in [0.05, 0.1) is 22.9 Å². The maximum atomic E-state index is 12.7. The van der Waals surface area contributed by atoms with E-state index in [1.165, 1.54) is 18.2 Å². The van der Waals surface area contributed by atoms with Gasteiger partial charge in [0.25, 0.3) is 5.91 Å². The molecule has 0 fully saturated rings. The maximum absolute atomic E-state index is 12.7. The zero-order valence-electron chi connectivity index (χ0n) is 16.1. The van der Waals surface area contributed by atoms with Crippen molar-refractivity contribution in [2.75, 3.05) is 23.4 Å². The Morgan fingerprint density at radius 1 is 1.31 bits per heavy atom. The van der Waals surface area contributed by atoms with Gasteiger partial charge in [-0.15, -0.1) is 0 Å². The number of thiophene rings is 1. The topological polar surface area (TPSA) is 102 Å². The second-order valence-corrected chi connectivity index (χ2v) is 8.11. The largest absolute Gasteiger partial charge is 0.462 e. The SMILES string of the molecule is CC1(C)Nc2ccccc2N(CCCOC(=O)/C=C/c2ccc([N+](=O)[O-])s2)C1=O. The van der Waals surface area contributed by atoms with Crippen molar-refractivity contribution in [1.82, 2.24) is 0 Å². The van der Waals surface area contributed by atoms with Gasteiger partial charge < -0.3 is 15.0 Å². The molecule has 29 heavy (non-hydrogen) atoms. The van der Waals surface area contributed by atoms with Gasteiger partial charge in [-0.05, 0) is 44.5 Å². The highest BCUT2D eigenvalue weighted by Gasteiger charge is 2.38. The molecule has 0 radical (unpaired) electrons. The van der Waals surface area contributed by atoms with Gasteiger partial charge in [0.1, 0.15) is 5.54 Å². The third-order valence-electron chi connectivity index (χ3n) is 4.37. The van der Waals surface area contributed by atoms with Crippen LogP contribution in [0.4, 0.5) is 16.4 Å². The molecule has 152 valence electrons. The average molecular weight is 415 g/mol. The fourth-order valence-electron chi connectivity index (χ4n) is 3.00. The first kappa shape index (κ1) is 20.5. The molecule has 2 heterocycles. The van der Waals surface area contributed by atoms with Crippen LogP contribution in [0.5, 0.6) is 0 Å². The van der Waals surface area contributed by atoms with Gasteiger partial charge in [0, 0.05) is 23.6 Å². The van der Waals surface area contributed by atoms with E-state index in [1.807, 2.05) is 38.1 Å². The third kappa shape index (κ3) is 4.80. The van der Waals surface area contributed by atoms with Gasteiger partial charge in [-0.2, -0.15) is 0 Å². The van der Waals surface area contributed by atoms with Gasteiger partial charge in [-0.1, -0.05) is 23.5 Å². The minimum atomic E-state index is -0.711. The Bertz CT molecular complexity index is 967. The minimum absolute atomic E-state index is 0.0157.